The van der Waals surface area contributed by atoms with E-state index in [4.69, 9.17) is 16.3 Å². The largest absolute Gasteiger partial charge is 0.485 e. The molecule has 0 amide bonds. The third-order valence-electron chi connectivity index (χ3n) is 3.64. The van der Waals surface area contributed by atoms with Crippen LogP contribution in [0.5, 0.6) is 5.75 Å². The van der Waals surface area contributed by atoms with Gasteiger partial charge in [0, 0.05) is 11.6 Å². The van der Waals surface area contributed by atoms with Crippen LogP contribution in [0.15, 0.2) is 36.4 Å². The van der Waals surface area contributed by atoms with Crippen molar-refractivity contribution >= 4 is 17.3 Å². The number of H-pyrrole nitrogens is 1. The molecule has 0 atom stereocenters. The van der Waals surface area contributed by atoms with Gasteiger partial charge in [-0.05, 0) is 43.2 Å². The van der Waals surface area contributed by atoms with Gasteiger partial charge in [0.15, 0.2) is 11.6 Å². The van der Waals surface area contributed by atoms with E-state index in [0.717, 1.165) is 16.9 Å². The Bertz CT molecular complexity index is 939. The molecule has 8 heteroatoms. The van der Waals surface area contributed by atoms with Gasteiger partial charge in [0.1, 0.15) is 17.4 Å². The molecule has 128 valence electrons. The second-order valence-corrected chi connectivity index (χ2v) is 5.99. The van der Waals surface area contributed by atoms with Gasteiger partial charge in [-0.1, -0.05) is 23.7 Å². The van der Waals surface area contributed by atoms with Crippen molar-refractivity contribution in [3.8, 4) is 17.1 Å². The lowest BCUT2D eigenvalue weighted by atomic mass is 10.1. The van der Waals surface area contributed by atoms with E-state index in [9.17, 15) is 10.1 Å². The Morgan fingerprint density at radius 1 is 1.24 bits per heavy atom. The molecule has 0 bridgehead atoms. The van der Waals surface area contributed by atoms with Crippen molar-refractivity contribution in [1.82, 2.24) is 15.2 Å². The molecule has 0 radical (unpaired) electrons. The summed E-state index contributed by atoms with van der Waals surface area (Å²) in [4.78, 5) is 14.8. The first-order valence-electron chi connectivity index (χ1n) is 7.49. The predicted octanol–water partition coefficient (Wildman–Crippen LogP) is 4.23. The molecule has 7 nitrogen and oxygen atoms in total. The van der Waals surface area contributed by atoms with Crippen LogP contribution < -0.4 is 4.74 Å². The van der Waals surface area contributed by atoms with Crippen LogP contribution in [0, 0.1) is 24.0 Å². The number of nitrogens with zero attached hydrogens (tertiary/aromatic N) is 3. The zero-order valence-corrected chi connectivity index (χ0v) is 14.4. The molecule has 2 aromatic carbocycles. The van der Waals surface area contributed by atoms with Crippen LogP contribution in [-0.4, -0.2) is 20.1 Å². The second-order valence-electron chi connectivity index (χ2n) is 5.59. The molecule has 3 aromatic rings. The maximum absolute atomic E-state index is 11.0. The highest BCUT2D eigenvalue weighted by Gasteiger charge is 2.16. The first kappa shape index (κ1) is 16.9. The molecule has 0 unspecified atom stereocenters. The van der Waals surface area contributed by atoms with Gasteiger partial charge in [-0.2, -0.15) is 5.10 Å². The molecular formula is C17H15ClN4O3. The van der Waals surface area contributed by atoms with Crippen LogP contribution in [-0.2, 0) is 6.61 Å². The van der Waals surface area contributed by atoms with Crippen LogP contribution in [0.25, 0.3) is 11.4 Å². The summed E-state index contributed by atoms with van der Waals surface area (Å²) in [6, 6.07) is 10.4. The normalized spacial score (nSPS) is 10.7. The number of benzene rings is 2. The standard InChI is InChI=1S/C17H15ClN4O3/c1-10-3-4-11(2)15(7-10)25-9-16-19-17(21-20-16)12-5-6-13(18)14(8-12)22(23)24/h3-8H,9H2,1-2H3,(H,19,20,21). The highest BCUT2D eigenvalue weighted by molar-refractivity contribution is 6.32. The average Bonchev–Trinajstić information content (AvgIpc) is 3.05. The number of halogens is 1. The molecule has 1 heterocycles. The number of aromatic nitrogens is 3. The first-order valence-corrected chi connectivity index (χ1v) is 7.87. The lowest BCUT2D eigenvalue weighted by Crippen LogP contribution is -1.99. The van der Waals surface area contributed by atoms with Crippen molar-refractivity contribution in [2.75, 3.05) is 0 Å². The zero-order valence-electron chi connectivity index (χ0n) is 13.6. The third-order valence-corrected chi connectivity index (χ3v) is 3.96. The van der Waals surface area contributed by atoms with E-state index in [1.165, 1.54) is 12.1 Å². The summed E-state index contributed by atoms with van der Waals surface area (Å²) in [6.45, 7) is 4.17. The van der Waals surface area contributed by atoms with Gasteiger partial charge >= 0.3 is 0 Å². The summed E-state index contributed by atoms with van der Waals surface area (Å²) in [6.07, 6.45) is 0. The lowest BCUT2D eigenvalue weighted by molar-refractivity contribution is -0.384. The summed E-state index contributed by atoms with van der Waals surface area (Å²) in [7, 11) is 0. The monoisotopic (exact) mass is 358 g/mol. The van der Waals surface area contributed by atoms with E-state index in [2.05, 4.69) is 15.2 Å². The number of rotatable bonds is 5. The van der Waals surface area contributed by atoms with Crippen LogP contribution in [0.2, 0.25) is 5.02 Å². The number of nitrogens with one attached hydrogen (secondary N) is 1. The number of nitro benzene ring substituents is 1. The Hall–Kier alpha value is -2.93. The Morgan fingerprint density at radius 2 is 2.04 bits per heavy atom. The van der Waals surface area contributed by atoms with Gasteiger partial charge in [0.05, 0.1) is 4.92 Å². The molecule has 3 rings (SSSR count). The highest BCUT2D eigenvalue weighted by atomic mass is 35.5. The van der Waals surface area contributed by atoms with Crippen LogP contribution in [0.3, 0.4) is 0 Å². The second kappa shape index (κ2) is 6.90. The summed E-state index contributed by atoms with van der Waals surface area (Å²) in [5.74, 6) is 1.65. The molecule has 1 N–H and O–H groups in total. The number of aromatic amines is 1. The maximum atomic E-state index is 11.0. The van der Waals surface area contributed by atoms with Crippen molar-refractivity contribution in [3.63, 3.8) is 0 Å². The maximum Gasteiger partial charge on any atom is 0.288 e. The van der Waals surface area contributed by atoms with E-state index in [1.54, 1.807) is 6.07 Å². The third kappa shape index (κ3) is 3.77. The summed E-state index contributed by atoms with van der Waals surface area (Å²) in [5.41, 5.74) is 2.45. The Morgan fingerprint density at radius 3 is 2.80 bits per heavy atom. The molecule has 0 aliphatic heterocycles. The van der Waals surface area contributed by atoms with Crippen molar-refractivity contribution < 1.29 is 9.66 Å². The lowest BCUT2D eigenvalue weighted by Gasteiger charge is -2.08. The molecule has 0 fully saturated rings. The SMILES string of the molecule is Cc1ccc(C)c(OCc2nc(-c3ccc(Cl)c([N+](=O)[O-])c3)n[nH]2)c1. The fourth-order valence-corrected chi connectivity index (χ4v) is 2.48. The summed E-state index contributed by atoms with van der Waals surface area (Å²) in [5, 5.41) is 17.9. The molecule has 25 heavy (non-hydrogen) atoms. The van der Waals surface area contributed by atoms with Gasteiger partial charge < -0.3 is 4.74 Å². The highest BCUT2D eigenvalue weighted by Crippen LogP contribution is 2.29. The molecule has 0 aliphatic rings. The van der Waals surface area contributed by atoms with Crippen molar-refractivity contribution in [3.05, 3.63) is 68.5 Å². The van der Waals surface area contributed by atoms with E-state index in [-0.39, 0.29) is 17.3 Å². The number of ether oxygens (including phenoxy) is 1. The smallest absolute Gasteiger partial charge is 0.288 e. The molecule has 0 saturated heterocycles. The van der Waals surface area contributed by atoms with Crippen LogP contribution >= 0.6 is 11.6 Å². The molecule has 0 saturated carbocycles. The molecule has 0 spiro atoms. The summed E-state index contributed by atoms with van der Waals surface area (Å²) < 4.78 is 5.77. The van der Waals surface area contributed by atoms with E-state index in [0.29, 0.717) is 17.2 Å². The van der Waals surface area contributed by atoms with Gasteiger partial charge in [-0.25, -0.2) is 4.98 Å². The van der Waals surface area contributed by atoms with E-state index < -0.39 is 4.92 Å². The van der Waals surface area contributed by atoms with Gasteiger partial charge in [-0.15, -0.1) is 0 Å². The topological polar surface area (TPSA) is 93.9 Å². The summed E-state index contributed by atoms with van der Waals surface area (Å²) >= 11 is 5.82. The molecular weight excluding hydrogens is 344 g/mol. The fourth-order valence-electron chi connectivity index (χ4n) is 2.29. The van der Waals surface area contributed by atoms with Gasteiger partial charge in [0.2, 0.25) is 0 Å². The fraction of sp³-hybridized carbons (Fsp3) is 0.176. The number of hydrogen-bond donors (Lipinski definition) is 1. The Kier molecular flexibility index (Phi) is 4.67. The average molecular weight is 359 g/mol. The van der Waals surface area contributed by atoms with Crippen molar-refractivity contribution in [1.29, 1.82) is 0 Å². The van der Waals surface area contributed by atoms with E-state index >= 15 is 0 Å². The Balaban J connectivity index is 1.78. The van der Waals surface area contributed by atoms with E-state index in [1.807, 2.05) is 32.0 Å². The number of hydrogen-bond acceptors (Lipinski definition) is 5. The number of nitro groups is 1. The van der Waals surface area contributed by atoms with Crippen LogP contribution in [0.1, 0.15) is 17.0 Å². The minimum absolute atomic E-state index is 0.0720. The minimum atomic E-state index is -0.539. The van der Waals surface area contributed by atoms with Gasteiger partial charge in [-0.3, -0.25) is 15.2 Å². The number of aryl methyl sites for hydroxylation is 2. The predicted molar refractivity (Wildman–Crippen MR) is 93.7 cm³/mol. The quantitative estimate of drug-likeness (QED) is 0.544. The minimum Gasteiger partial charge on any atom is -0.485 e. The van der Waals surface area contributed by atoms with Crippen LogP contribution in [0.4, 0.5) is 5.69 Å². The van der Waals surface area contributed by atoms with Crippen molar-refractivity contribution in [2.45, 2.75) is 20.5 Å². The van der Waals surface area contributed by atoms with Crippen molar-refractivity contribution in [2.24, 2.45) is 0 Å². The van der Waals surface area contributed by atoms with Gasteiger partial charge in [0.25, 0.3) is 5.69 Å². The molecule has 0 aliphatic carbocycles. The Labute approximate surface area is 148 Å². The first-order chi connectivity index (χ1) is 11.9. The molecule has 1 aromatic heterocycles. The zero-order chi connectivity index (χ0) is 18.0.